The fraction of sp³-hybridized carbons (Fsp3) is 0.769. The quantitative estimate of drug-likeness (QED) is 0.836. The highest BCUT2D eigenvalue weighted by Crippen LogP contribution is 2.22. The average Bonchev–Trinajstić information content (AvgIpc) is 2.77. The molecule has 0 aromatic carbocycles. The Labute approximate surface area is 104 Å². The first-order chi connectivity index (χ1) is 8.20. The summed E-state index contributed by atoms with van der Waals surface area (Å²) in [5.74, 6) is 0. The molecule has 2 heterocycles. The van der Waals surface area contributed by atoms with Gasteiger partial charge in [0, 0.05) is 30.7 Å². The molecule has 1 saturated heterocycles. The number of hydrogen-bond acceptors (Lipinski definition) is 3. The summed E-state index contributed by atoms with van der Waals surface area (Å²) in [7, 11) is 0. The van der Waals surface area contributed by atoms with Gasteiger partial charge in [-0.15, -0.1) is 0 Å². The first-order valence-electron chi connectivity index (χ1n) is 6.69. The van der Waals surface area contributed by atoms with Gasteiger partial charge in [0.05, 0.1) is 5.69 Å². The van der Waals surface area contributed by atoms with Crippen LogP contribution in [0.4, 0.5) is 0 Å². The van der Waals surface area contributed by atoms with E-state index in [1.54, 1.807) is 0 Å². The first-order valence-corrected chi connectivity index (χ1v) is 6.69. The molecule has 1 atom stereocenters. The molecule has 1 fully saturated rings. The van der Waals surface area contributed by atoms with E-state index < -0.39 is 0 Å². The third-order valence-electron chi connectivity index (χ3n) is 3.68. The Morgan fingerprint density at radius 3 is 3.00 bits per heavy atom. The van der Waals surface area contributed by atoms with Gasteiger partial charge in [-0.25, -0.2) is 0 Å². The van der Waals surface area contributed by atoms with E-state index in [0.29, 0.717) is 18.6 Å². The predicted molar refractivity (Wildman–Crippen MR) is 69.7 cm³/mol. The molecule has 96 valence electrons. The standard InChI is InChI=1S/C13H24N4/c1-10(2)17-6-4-3-5-13(17)8-11-7-12(9-14)16-15-11/h7,10,13H,3-6,8-9,14H2,1-2H3,(H,15,16). The maximum atomic E-state index is 5.59. The number of nitrogens with two attached hydrogens (primary N) is 1. The van der Waals surface area contributed by atoms with Crippen LogP contribution in [0.5, 0.6) is 0 Å². The Morgan fingerprint density at radius 2 is 2.35 bits per heavy atom. The number of likely N-dealkylation sites (tertiary alicyclic amines) is 1. The number of aromatic amines is 1. The van der Waals surface area contributed by atoms with Gasteiger partial charge in [-0.1, -0.05) is 6.42 Å². The van der Waals surface area contributed by atoms with Crippen molar-refractivity contribution in [2.75, 3.05) is 6.54 Å². The molecule has 0 saturated carbocycles. The molecule has 0 bridgehead atoms. The second-order valence-corrected chi connectivity index (χ2v) is 5.27. The third-order valence-corrected chi connectivity index (χ3v) is 3.68. The van der Waals surface area contributed by atoms with Gasteiger partial charge in [0.2, 0.25) is 0 Å². The molecule has 1 unspecified atom stereocenters. The molecule has 3 N–H and O–H groups in total. The number of nitrogens with one attached hydrogen (secondary N) is 1. The van der Waals surface area contributed by atoms with Crippen LogP contribution >= 0.6 is 0 Å². The molecule has 0 amide bonds. The van der Waals surface area contributed by atoms with Crippen molar-refractivity contribution in [2.45, 2.75) is 58.2 Å². The maximum absolute atomic E-state index is 5.59. The Hall–Kier alpha value is -0.870. The molecule has 0 radical (unpaired) electrons. The van der Waals surface area contributed by atoms with Crippen molar-refractivity contribution in [3.63, 3.8) is 0 Å². The molecule has 2 rings (SSSR count). The molecule has 0 spiro atoms. The van der Waals surface area contributed by atoms with Gasteiger partial charge in [0.1, 0.15) is 0 Å². The van der Waals surface area contributed by atoms with Crippen molar-refractivity contribution in [1.82, 2.24) is 15.1 Å². The summed E-state index contributed by atoms with van der Waals surface area (Å²) >= 11 is 0. The zero-order valence-electron chi connectivity index (χ0n) is 10.9. The average molecular weight is 236 g/mol. The number of rotatable bonds is 4. The van der Waals surface area contributed by atoms with E-state index in [-0.39, 0.29) is 0 Å². The van der Waals surface area contributed by atoms with E-state index in [2.05, 4.69) is 35.0 Å². The third kappa shape index (κ3) is 3.07. The minimum atomic E-state index is 0.547. The monoisotopic (exact) mass is 236 g/mol. The van der Waals surface area contributed by atoms with Gasteiger partial charge >= 0.3 is 0 Å². The maximum Gasteiger partial charge on any atom is 0.0641 e. The summed E-state index contributed by atoms with van der Waals surface area (Å²) in [6.45, 7) is 6.35. The SMILES string of the molecule is CC(C)N1CCCCC1Cc1cc(CN)[nH]n1. The first kappa shape index (κ1) is 12.6. The van der Waals surface area contributed by atoms with E-state index in [4.69, 9.17) is 5.73 Å². The van der Waals surface area contributed by atoms with Crippen LogP contribution in [-0.2, 0) is 13.0 Å². The van der Waals surface area contributed by atoms with Gasteiger partial charge in [-0.2, -0.15) is 5.10 Å². The van der Waals surface area contributed by atoms with Gasteiger partial charge < -0.3 is 5.73 Å². The topological polar surface area (TPSA) is 57.9 Å². The second kappa shape index (κ2) is 5.65. The lowest BCUT2D eigenvalue weighted by Gasteiger charge is -2.38. The highest BCUT2D eigenvalue weighted by molar-refractivity contribution is 5.10. The molecular formula is C13H24N4. The Kier molecular flexibility index (Phi) is 4.18. The molecule has 1 aromatic heterocycles. The molecule has 1 aromatic rings. The lowest BCUT2D eigenvalue weighted by Crippen LogP contribution is -2.45. The predicted octanol–water partition coefficient (Wildman–Crippen LogP) is 1.67. The highest BCUT2D eigenvalue weighted by Gasteiger charge is 2.25. The Morgan fingerprint density at radius 1 is 1.53 bits per heavy atom. The zero-order valence-corrected chi connectivity index (χ0v) is 10.9. The number of nitrogens with zero attached hydrogens (tertiary/aromatic N) is 2. The fourth-order valence-corrected chi connectivity index (χ4v) is 2.78. The molecule has 1 aliphatic heterocycles. The molecule has 0 aliphatic carbocycles. The van der Waals surface area contributed by atoms with E-state index in [0.717, 1.165) is 17.8 Å². The Balaban J connectivity index is 2.00. The van der Waals surface area contributed by atoms with Crippen molar-refractivity contribution in [1.29, 1.82) is 0 Å². The lowest BCUT2D eigenvalue weighted by atomic mass is 9.96. The normalized spacial score (nSPS) is 22.2. The van der Waals surface area contributed by atoms with Crippen LogP contribution in [0, 0.1) is 0 Å². The van der Waals surface area contributed by atoms with Crippen LogP contribution in [0.25, 0.3) is 0 Å². The number of piperidine rings is 1. The molecule has 4 nitrogen and oxygen atoms in total. The summed E-state index contributed by atoms with van der Waals surface area (Å²) < 4.78 is 0. The van der Waals surface area contributed by atoms with E-state index in [9.17, 15) is 0 Å². The van der Waals surface area contributed by atoms with Crippen molar-refractivity contribution >= 4 is 0 Å². The van der Waals surface area contributed by atoms with Crippen LogP contribution in [-0.4, -0.2) is 33.7 Å². The number of H-pyrrole nitrogens is 1. The number of aromatic nitrogens is 2. The van der Waals surface area contributed by atoms with Gasteiger partial charge in [-0.3, -0.25) is 10.00 Å². The van der Waals surface area contributed by atoms with Gasteiger partial charge in [0.15, 0.2) is 0 Å². The Bertz CT molecular complexity index is 345. The highest BCUT2D eigenvalue weighted by atomic mass is 15.2. The van der Waals surface area contributed by atoms with Crippen molar-refractivity contribution < 1.29 is 0 Å². The minimum absolute atomic E-state index is 0.547. The summed E-state index contributed by atoms with van der Waals surface area (Å²) in [4.78, 5) is 2.61. The van der Waals surface area contributed by atoms with Crippen molar-refractivity contribution in [3.8, 4) is 0 Å². The number of hydrogen-bond donors (Lipinski definition) is 2. The van der Waals surface area contributed by atoms with E-state index >= 15 is 0 Å². The second-order valence-electron chi connectivity index (χ2n) is 5.27. The van der Waals surface area contributed by atoms with Crippen molar-refractivity contribution in [3.05, 3.63) is 17.5 Å². The van der Waals surface area contributed by atoms with E-state index in [1.807, 2.05) is 0 Å². The van der Waals surface area contributed by atoms with Gasteiger partial charge in [-0.05, 0) is 39.3 Å². The molecular weight excluding hydrogens is 212 g/mol. The molecule has 1 aliphatic rings. The van der Waals surface area contributed by atoms with Crippen LogP contribution in [0.2, 0.25) is 0 Å². The summed E-state index contributed by atoms with van der Waals surface area (Å²) in [6.07, 6.45) is 5.03. The van der Waals surface area contributed by atoms with Crippen LogP contribution in [0.3, 0.4) is 0 Å². The van der Waals surface area contributed by atoms with Gasteiger partial charge in [0.25, 0.3) is 0 Å². The van der Waals surface area contributed by atoms with Crippen LogP contribution in [0.1, 0.15) is 44.5 Å². The smallest absolute Gasteiger partial charge is 0.0641 e. The van der Waals surface area contributed by atoms with E-state index in [1.165, 1.54) is 25.8 Å². The van der Waals surface area contributed by atoms with Crippen LogP contribution < -0.4 is 5.73 Å². The minimum Gasteiger partial charge on any atom is -0.325 e. The summed E-state index contributed by atoms with van der Waals surface area (Å²) in [5, 5.41) is 7.34. The fourth-order valence-electron chi connectivity index (χ4n) is 2.78. The van der Waals surface area contributed by atoms with Crippen molar-refractivity contribution in [2.24, 2.45) is 5.73 Å². The molecule has 17 heavy (non-hydrogen) atoms. The largest absolute Gasteiger partial charge is 0.325 e. The summed E-state index contributed by atoms with van der Waals surface area (Å²) in [5.41, 5.74) is 7.78. The lowest BCUT2D eigenvalue weighted by molar-refractivity contribution is 0.111. The molecule has 4 heteroatoms. The summed E-state index contributed by atoms with van der Waals surface area (Å²) in [6, 6.07) is 3.39. The van der Waals surface area contributed by atoms with Crippen LogP contribution in [0.15, 0.2) is 6.07 Å². The zero-order chi connectivity index (χ0) is 12.3.